The molecular weight excluding hydrogens is 236 g/mol. The summed E-state index contributed by atoms with van der Waals surface area (Å²) in [7, 11) is 0.535. The molecule has 1 fully saturated rings. The molecule has 0 amide bonds. The van der Waals surface area contributed by atoms with Crippen LogP contribution in [0.2, 0.25) is 0 Å². The van der Waals surface area contributed by atoms with Crippen LogP contribution in [0.4, 0.5) is 0 Å². The molecule has 1 aliphatic carbocycles. The van der Waals surface area contributed by atoms with Crippen molar-refractivity contribution in [3.8, 4) is 0 Å². The monoisotopic (exact) mass is 262 g/mol. The molecule has 0 saturated heterocycles. The molecule has 17 heavy (non-hydrogen) atoms. The van der Waals surface area contributed by atoms with Gasteiger partial charge in [0.1, 0.15) is 0 Å². The van der Waals surface area contributed by atoms with E-state index in [1.54, 1.807) is 11.4 Å². The van der Waals surface area contributed by atoms with Gasteiger partial charge in [-0.05, 0) is 51.6 Å². The summed E-state index contributed by atoms with van der Waals surface area (Å²) in [5.41, 5.74) is 0. The summed E-state index contributed by atoms with van der Waals surface area (Å²) in [6, 6.07) is 0.228. The minimum Gasteiger partial charge on any atom is -0.320 e. The van der Waals surface area contributed by atoms with E-state index < -0.39 is 10.0 Å². The molecule has 0 aliphatic heterocycles. The van der Waals surface area contributed by atoms with Gasteiger partial charge in [-0.1, -0.05) is 6.92 Å². The molecule has 0 aromatic carbocycles. The highest BCUT2D eigenvalue weighted by atomic mass is 32.2. The van der Waals surface area contributed by atoms with E-state index in [-0.39, 0.29) is 11.8 Å². The summed E-state index contributed by atoms with van der Waals surface area (Å²) in [6.07, 6.45) is 5.03. The van der Waals surface area contributed by atoms with Crippen LogP contribution in [0.1, 0.15) is 39.0 Å². The van der Waals surface area contributed by atoms with Gasteiger partial charge in [0.2, 0.25) is 10.0 Å². The molecule has 0 unspecified atom stereocenters. The van der Waals surface area contributed by atoms with E-state index in [2.05, 4.69) is 12.2 Å². The Kier molecular flexibility index (Phi) is 5.89. The number of hydrogen-bond donors (Lipinski definition) is 1. The van der Waals surface area contributed by atoms with Crippen LogP contribution in [-0.2, 0) is 10.0 Å². The number of nitrogens with zero attached hydrogens (tertiary/aromatic N) is 1. The standard InChI is InChI=1S/C12H26N2O2S/c1-11-5-7-12(8-6-11)14(3)17(15,16)10-4-9-13-2/h11-13H,4-10H2,1-3H3. The minimum atomic E-state index is -3.06. The zero-order chi connectivity index (χ0) is 12.9. The van der Waals surface area contributed by atoms with Crippen molar-refractivity contribution in [2.24, 2.45) is 5.92 Å². The van der Waals surface area contributed by atoms with Gasteiger partial charge in [-0.25, -0.2) is 12.7 Å². The molecule has 0 bridgehead atoms. The number of rotatable bonds is 6. The summed E-state index contributed by atoms with van der Waals surface area (Å²) in [5.74, 6) is 1.02. The predicted octanol–water partition coefficient (Wildman–Crippen LogP) is 1.44. The van der Waals surface area contributed by atoms with Gasteiger partial charge in [-0.15, -0.1) is 0 Å². The first-order valence-electron chi connectivity index (χ1n) is 6.57. The second-order valence-corrected chi connectivity index (χ2v) is 7.35. The topological polar surface area (TPSA) is 49.4 Å². The lowest BCUT2D eigenvalue weighted by Gasteiger charge is -2.32. The molecule has 1 rings (SSSR count). The van der Waals surface area contributed by atoms with Gasteiger partial charge in [0.25, 0.3) is 0 Å². The van der Waals surface area contributed by atoms with Crippen LogP contribution in [-0.4, -0.2) is 45.2 Å². The minimum absolute atomic E-state index is 0.228. The third-order valence-electron chi connectivity index (χ3n) is 3.77. The van der Waals surface area contributed by atoms with Crippen LogP contribution in [0.3, 0.4) is 0 Å². The molecular formula is C12H26N2O2S. The SMILES string of the molecule is CNCCCS(=O)(=O)N(C)C1CCC(C)CC1. The number of hydrogen-bond acceptors (Lipinski definition) is 3. The zero-order valence-electron chi connectivity index (χ0n) is 11.3. The van der Waals surface area contributed by atoms with Crippen molar-refractivity contribution in [3.05, 3.63) is 0 Å². The van der Waals surface area contributed by atoms with E-state index >= 15 is 0 Å². The van der Waals surface area contributed by atoms with Crippen molar-refractivity contribution < 1.29 is 8.42 Å². The summed E-state index contributed by atoms with van der Waals surface area (Å²) in [5, 5.41) is 2.98. The van der Waals surface area contributed by atoms with Gasteiger partial charge < -0.3 is 5.32 Å². The Balaban J connectivity index is 2.47. The lowest BCUT2D eigenvalue weighted by molar-refractivity contribution is 0.246. The van der Waals surface area contributed by atoms with Gasteiger partial charge in [0, 0.05) is 13.1 Å². The van der Waals surface area contributed by atoms with Crippen molar-refractivity contribution in [3.63, 3.8) is 0 Å². The highest BCUT2D eigenvalue weighted by Crippen LogP contribution is 2.27. The predicted molar refractivity (Wildman–Crippen MR) is 71.5 cm³/mol. The van der Waals surface area contributed by atoms with E-state index in [0.29, 0.717) is 6.42 Å². The molecule has 0 atom stereocenters. The summed E-state index contributed by atoms with van der Waals surface area (Å²) >= 11 is 0. The van der Waals surface area contributed by atoms with Crippen LogP contribution >= 0.6 is 0 Å². The fourth-order valence-electron chi connectivity index (χ4n) is 2.41. The van der Waals surface area contributed by atoms with Crippen molar-refractivity contribution in [2.45, 2.75) is 45.1 Å². The summed E-state index contributed by atoms with van der Waals surface area (Å²) in [4.78, 5) is 0. The molecule has 0 spiro atoms. The van der Waals surface area contributed by atoms with Crippen molar-refractivity contribution in [1.29, 1.82) is 0 Å². The fourth-order valence-corrected chi connectivity index (χ4v) is 3.87. The Morgan fingerprint density at radius 2 is 1.82 bits per heavy atom. The van der Waals surface area contributed by atoms with E-state index in [4.69, 9.17) is 0 Å². The lowest BCUT2D eigenvalue weighted by Crippen LogP contribution is -2.40. The van der Waals surface area contributed by atoms with Crippen LogP contribution in [0, 0.1) is 5.92 Å². The summed E-state index contributed by atoms with van der Waals surface area (Å²) in [6.45, 7) is 3.01. The fraction of sp³-hybridized carbons (Fsp3) is 1.00. The molecule has 1 aliphatic rings. The molecule has 0 aromatic heterocycles. The third-order valence-corrected chi connectivity index (χ3v) is 5.75. The largest absolute Gasteiger partial charge is 0.320 e. The smallest absolute Gasteiger partial charge is 0.214 e. The first-order chi connectivity index (χ1) is 7.97. The van der Waals surface area contributed by atoms with Gasteiger partial charge >= 0.3 is 0 Å². The molecule has 1 saturated carbocycles. The van der Waals surface area contributed by atoms with Crippen molar-refractivity contribution >= 4 is 10.0 Å². The molecule has 0 heterocycles. The van der Waals surface area contributed by atoms with Crippen LogP contribution in [0.25, 0.3) is 0 Å². The van der Waals surface area contributed by atoms with Gasteiger partial charge in [0.05, 0.1) is 5.75 Å². The highest BCUT2D eigenvalue weighted by molar-refractivity contribution is 7.89. The number of sulfonamides is 1. The molecule has 102 valence electrons. The maximum Gasteiger partial charge on any atom is 0.214 e. The van der Waals surface area contributed by atoms with Crippen LogP contribution in [0.15, 0.2) is 0 Å². The van der Waals surface area contributed by atoms with E-state index in [9.17, 15) is 8.42 Å². The first kappa shape index (κ1) is 14.9. The quantitative estimate of drug-likeness (QED) is 0.737. The Bertz CT molecular complexity index is 308. The third kappa shape index (κ3) is 4.56. The Morgan fingerprint density at radius 3 is 2.35 bits per heavy atom. The van der Waals surface area contributed by atoms with Gasteiger partial charge in [-0.3, -0.25) is 0 Å². The van der Waals surface area contributed by atoms with Crippen molar-refractivity contribution in [2.75, 3.05) is 26.4 Å². The Hall–Kier alpha value is -0.130. The first-order valence-corrected chi connectivity index (χ1v) is 8.18. The van der Waals surface area contributed by atoms with Gasteiger partial charge in [0.15, 0.2) is 0 Å². The van der Waals surface area contributed by atoms with E-state index in [1.165, 1.54) is 0 Å². The normalized spacial score (nSPS) is 26.4. The molecule has 0 radical (unpaired) electrons. The average molecular weight is 262 g/mol. The maximum absolute atomic E-state index is 12.1. The Labute approximate surface area is 106 Å². The Morgan fingerprint density at radius 1 is 1.24 bits per heavy atom. The molecule has 5 heteroatoms. The number of nitrogens with one attached hydrogen (secondary N) is 1. The van der Waals surface area contributed by atoms with Crippen LogP contribution in [0.5, 0.6) is 0 Å². The van der Waals surface area contributed by atoms with Crippen LogP contribution < -0.4 is 5.32 Å². The van der Waals surface area contributed by atoms with E-state index in [1.807, 2.05) is 7.05 Å². The second-order valence-electron chi connectivity index (χ2n) is 5.20. The van der Waals surface area contributed by atoms with Gasteiger partial charge in [-0.2, -0.15) is 0 Å². The summed E-state index contributed by atoms with van der Waals surface area (Å²) < 4.78 is 25.8. The zero-order valence-corrected chi connectivity index (χ0v) is 12.1. The maximum atomic E-state index is 12.1. The highest BCUT2D eigenvalue weighted by Gasteiger charge is 2.28. The van der Waals surface area contributed by atoms with Crippen molar-refractivity contribution in [1.82, 2.24) is 9.62 Å². The molecule has 0 aromatic rings. The lowest BCUT2D eigenvalue weighted by atomic mass is 9.87. The molecule has 1 N–H and O–H groups in total. The second kappa shape index (κ2) is 6.71. The van der Waals surface area contributed by atoms with E-state index in [0.717, 1.165) is 38.1 Å². The average Bonchev–Trinajstić information content (AvgIpc) is 2.29. The molecule has 4 nitrogen and oxygen atoms in total.